The molecule has 0 aromatic heterocycles. The van der Waals surface area contributed by atoms with Crippen LogP contribution in [-0.4, -0.2) is 30.6 Å². The Labute approximate surface area is 113 Å². The van der Waals surface area contributed by atoms with Gasteiger partial charge in [-0.05, 0) is 19.1 Å². The van der Waals surface area contributed by atoms with E-state index in [4.69, 9.17) is 10.5 Å². The van der Waals surface area contributed by atoms with Crippen LogP contribution >= 0.6 is 0 Å². The topological polar surface area (TPSA) is 108 Å². The Hall–Kier alpha value is -2.64. The Kier molecular flexibility index (Phi) is 5.45. The molecule has 0 spiro atoms. The largest absolute Gasteiger partial charge is 0.479 e. The molecule has 0 saturated carbocycles. The molecule has 0 fully saturated rings. The second-order valence-corrected chi connectivity index (χ2v) is 3.70. The van der Waals surface area contributed by atoms with E-state index in [-0.39, 0.29) is 5.75 Å². The maximum absolute atomic E-state index is 13.2. The predicted octanol–water partition coefficient (Wildman–Crippen LogP) is 0.331. The van der Waals surface area contributed by atoms with Gasteiger partial charge in [-0.2, -0.15) is 0 Å². The van der Waals surface area contributed by atoms with Crippen molar-refractivity contribution in [3.8, 4) is 5.75 Å². The number of halogens is 1. The Balaban J connectivity index is 2.42. The molecule has 1 aromatic carbocycles. The highest BCUT2D eigenvalue weighted by atomic mass is 19.1. The van der Waals surface area contributed by atoms with E-state index in [1.54, 1.807) is 5.32 Å². The highest BCUT2D eigenvalue weighted by molar-refractivity contribution is 5.96. The minimum atomic E-state index is -1.22. The molecule has 0 aliphatic rings. The molecule has 0 saturated heterocycles. The lowest BCUT2D eigenvalue weighted by Crippen LogP contribution is -2.42. The zero-order chi connectivity index (χ0) is 15.1. The number of nitrogens with two attached hydrogens (primary N) is 1. The molecule has 0 aliphatic carbocycles. The number of hydrogen-bond donors (Lipinski definition) is 2. The minimum Gasteiger partial charge on any atom is -0.479 e. The van der Waals surface area contributed by atoms with Crippen LogP contribution in [0.3, 0.4) is 0 Å². The normalized spacial score (nSPS) is 11.3. The van der Waals surface area contributed by atoms with Crippen molar-refractivity contribution in [2.45, 2.75) is 13.0 Å². The third-order valence-electron chi connectivity index (χ3n) is 2.11. The fraction of sp³-hybridized carbons (Fsp3) is 0.250. The number of benzene rings is 1. The number of esters is 1. The second kappa shape index (κ2) is 7.07. The fourth-order valence-corrected chi connectivity index (χ4v) is 1.21. The number of para-hydroxylation sites is 1. The number of nitrogens with one attached hydrogen (secondary N) is 1. The molecule has 0 radical (unpaired) electrons. The van der Waals surface area contributed by atoms with Gasteiger partial charge in [-0.1, -0.05) is 12.1 Å². The smallest absolute Gasteiger partial charge is 0.344 e. The third kappa shape index (κ3) is 4.92. The minimum absolute atomic E-state index is 0.112. The fourth-order valence-electron chi connectivity index (χ4n) is 1.21. The van der Waals surface area contributed by atoms with Crippen LogP contribution in [0.15, 0.2) is 24.3 Å². The maximum Gasteiger partial charge on any atom is 0.344 e. The van der Waals surface area contributed by atoms with Gasteiger partial charge in [0.15, 0.2) is 24.3 Å². The molecule has 8 heteroatoms. The van der Waals surface area contributed by atoms with Crippen molar-refractivity contribution < 1.29 is 28.2 Å². The second-order valence-electron chi connectivity index (χ2n) is 3.70. The number of primary amides is 1. The highest BCUT2D eigenvalue weighted by Gasteiger charge is 2.19. The SMILES string of the molecule is C[C@H](OC(=O)COc1ccccc1F)C(=O)NC(N)=O. The van der Waals surface area contributed by atoms with Crippen LogP contribution in [0, 0.1) is 5.82 Å². The molecule has 0 aliphatic heterocycles. The van der Waals surface area contributed by atoms with Crippen LogP contribution in [0.1, 0.15) is 6.92 Å². The van der Waals surface area contributed by atoms with Crippen molar-refractivity contribution in [2.75, 3.05) is 6.61 Å². The van der Waals surface area contributed by atoms with E-state index in [1.165, 1.54) is 31.2 Å². The van der Waals surface area contributed by atoms with Gasteiger partial charge in [-0.25, -0.2) is 14.0 Å². The first kappa shape index (κ1) is 15.4. The molecular formula is C12H13FN2O5. The van der Waals surface area contributed by atoms with Crippen LogP contribution in [-0.2, 0) is 14.3 Å². The summed E-state index contributed by atoms with van der Waals surface area (Å²) in [6.07, 6.45) is -1.22. The van der Waals surface area contributed by atoms with Gasteiger partial charge in [0.2, 0.25) is 0 Å². The monoisotopic (exact) mass is 284 g/mol. The summed E-state index contributed by atoms with van der Waals surface area (Å²) in [7, 11) is 0. The first-order valence-corrected chi connectivity index (χ1v) is 5.57. The summed E-state index contributed by atoms with van der Waals surface area (Å²) in [4.78, 5) is 33.0. The van der Waals surface area contributed by atoms with E-state index in [0.29, 0.717) is 0 Å². The van der Waals surface area contributed by atoms with Crippen molar-refractivity contribution in [1.29, 1.82) is 0 Å². The molecule has 0 heterocycles. The molecule has 1 rings (SSSR count). The summed E-state index contributed by atoms with van der Waals surface area (Å²) < 4.78 is 22.7. The molecule has 7 nitrogen and oxygen atoms in total. The zero-order valence-corrected chi connectivity index (χ0v) is 10.6. The van der Waals surface area contributed by atoms with Gasteiger partial charge in [-0.3, -0.25) is 10.1 Å². The van der Waals surface area contributed by atoms with Gasteiger partial charge in [0.1, 0.15) is 0 Å². The first-order chi connectivity index (χ1) is 9.40. The molecule has 20 heavy (non-hydrogen) atoms. The van der Waals surface area contributed by atoms with Gasteiger partial charge in [0, 0.05) is 0 Å². The summed E-state index contributed by atoms with van der Waals surface area (Å²) in [6.45, 7) is 0.675. The number of hydrogen-bond acceptors (Lipinski definition) is 5. The summed E-state index contributed by atoms with van der Waals surface area (Å²) in [5.41, 5.74) is 4.74. The number of rotatable bonds is 5. The summed E-state index contributed by atoms with van der Waals surface area (Å²) in [5, 5.41) is 1.75. The van der Waals surface area contributed by atoms with Crippen LogP contribution in [0.4, 0.5) is 9.18 Å². The quantitative estimate of drug-likeness (QED) is 0.758. The summed E-state index contributed by atoms with van der Waals surface area (Å²) >= 11 is 0. The first-order valence-electron chi connectivity index (χ1n) is 5.57. The van der Waals surface area contributed by atoms with Gasteiger partial charge in [0.25, 0.3) is 5.91 Å². The number of carbonyl (C=O) groups is 3. The summed E-state index contributed by atoms with van der Waals surface area (Å²) in [6, 6.07) is 4.46. The highest BCUT2D eigenvalue weighted by Crippen LogP contribution is 2.15. The Morgan fingerprint density at radius 1 is 1.35 bits per heavy atom. The molecule has 1 aromatic rings. The Morgan fingerprint density at radius 2 is 2.00 bits per heavy atom. The molecule has 3 amide bonds. The lowest BCUT2D eigenvalue weighted by molar-refractivity contribution is -0.156. The molecule has 0 unspecified atom stereocenters. The lowest BCUT2D eigenvalue weighted by atomic mass is 10.3. The van der Waals surface area contributed by atoms with E-state index >= 15 is 0 Å². The summed E-state index contributed by atoms with van der Waals surface area (Å²) in [5.74, 6) is -2.49. The number of carbonyl (C=O) groups excluding carboxylic acids is 3. The van der Waals surface area contributed by atoms with Crippen LogP contribution < -0.4 is 15.8 Å². The van der Waals surface area contributed by atoms with E-state index in [9.17, 15) is 18.8 Å². The van der Waals surface area contributed by atoms with E-state index in [0.717, 1.165) is 0 Å². The predicted molar refractivity (Wildman–Crippen MR) is 65.2 cm³/mol. The Bertz CT molecular complexity index is 520. The Morgan fingerprint density at radius 3 is 2.60 bits per heavy atom. The van der Waals surface area contributed by atoms with Crippen LogP contribution in [0.5, 0.6) is 5.75 Å². The van der Waals surface area contributed by atoms with Crippen molar-refractivity contribution in [2.24, 2.45) is 5.73 Å². The average molecular weight is 284 g/mol. The van der Waals surface area contributed by atoms with E-state index in [1.807, 2.05) is 0 Å². The third-order valence-corrected chi connectivity index (χ3v) is 2.11. The number of imide groups is 1. The standard InChI is InChI=1S/C12H13FN2O5/c1-7(11(17)15-12(14)18)20-10(16)6-19-9-5-3-2-4-8(9)13/h2-5,7H,6H2,1H3,(H3,14,15,17,18)/t7-/m0/s1. The molecular weight excluding hydrogens is 271 g/mol. The molecule has 108 valence electrons. The van der Waals surface area contributed by atoms with Gasteiger partial charge < -0.3 is 15.2 Å². The van der Waals surface area contributed by atoms with Gasteiger partial charge in [-0.15, -0.1) is 0 Å². The van der Waals surface area contributed by atoms with Crippen LogP contribution in [0.2, 0.25) is 0 Å². The average Bonchev–Trinajstić information content (AvgIpc) is 2.37. The van der Waals surface area contributed by atoms with Gasteiger partial charge in [0.05, 0.1) is 0 Å². The van der Waals surface area contributed by atoms with Gasteiger partial charge >= 0.3 is 12.0 Å². The molecule has 3 N–H and O–H groups in total. The number of amides is 3. The zero-order valence-electron chi connectivity index (χ0n) is 10.6. The van der Waals surface area contributed by atoms with Crippen molar-refractivity contribution in [3.05, 3.63) is 30.1 Å². The van der Waals surface area contributed by atoms with E-state index in [2.05, 4.69) is 4.74 Å². The lowest BCUT2D eigenvalue weighted by Gasteiger charge is -2.12. The van der Waals surface area contributed by atoms with Crippen molar-refractivity contribution in [1.82, 2.24) is 5.32 Å². The maximum atomic E-state index is 13.2. The van der Waals surface area contributed by atoms with Crippen molar-refractivity contribution in [3.63, 3.8) is 0 Å². The number of ether oxygens (including phenoxy) is 2. The number of urea groups is 1. The molecule has 1 atom stereocenters. The molecule has 0 bridgehead atoms. The van der Waals surface area contributed by atoms with Crippen molar-refractivity contribution >= 4 is 17.9 Å². The van der Waals surface area contributed by atoms with Crippen LogP contribution in [0.25, 0.3) is 0 Å². The van der Waals surface area contributed by atoms with E-state index < -0.39 is 36.4 Å².